The molecule has 1 unspecified atom stereocenters. The fourth-order valence-electron chi connectivity index (χ4n) is 1.50. The number of carbonyl (C=O) groups excluding carboxylic acids is 1. The summed E-state index contributed by atoms with van der Waals surface area (Å²) in [6.07, 6.45) is 0. The van der Waals surface area contributed by atoms with Crippen LogP contribution in [0.25, 0.3) is 0 Å². The van der Waals surface area contributed by atoms with Crippen molar-refractivity contribution < 1.29 is 14.3 Å². The topological polar surface area (TPSA) is 73.6 Å². The van der Waals surface area contributed by atoms with Crippen molar-refractivity contribution in [3.05, 3.63) is 28.2 Å². The van der Waals surface area contributed by atoms with E-state index in [1.807, 2.05) is 19.1 Å². The van der Waals surface area contributed by atoms with Crippen LogP contribution in [0.2, 0.25) is 0 Å². The molecule has 6 heteroatoms. The Labute approximate surface area is 121 Å². The fraction of sp³-hybridized carbons (Fsp3) is 0.462. The molecule has 1 atom stereocenters. The van der Waals surface area contributed by atoms with Gasteiger partial charge < -0.3 is 20.5 Å². The molecule has 0 aliphatic heterocycles. The molecule has 0 radical (unpaired) electrons. The third kappa shape index (κ3) is 5.59. The Morgan fingerprint density at radius 3 is 2.89 bits per heavy atom. The summed E-state index contributed by atoms with van der Waals surface area (Å²) in [4.78, 5) is 11.5. The van der Waals surface area contributed by atoms with Crippen molar-refractivity contribution in [2.45, 2.75) is 13.0 Å². The molecule has 0 heterocycles. The first-order chi connectivity index (χ1) is 9.04. The Hall–Kier alpha value is -1.11. The summed E-state index contributed by atoms with van der Waals surface area (Å²) in [6, 6.07) is 5.43. The molecule has 0 fully saturated rings. The lowest BCUT2D eigenvalue weighted by atomic mass is 10.1. The summed E-state index contributed by atoms with van der Waals surface area (Å²) < 4.78 is 11.2. The van der Waals surface area contributed by atoms with E-state index in [0.29, 0.717) is 18.9 Å². The number of nitrogens with two attached hydrogens (primary N) is 1. The van der Waals surface area contributed by atoms with Crippen LogP contribution in [0.15, 0.2) is 22.7 Å². The molecule has 0 bridgehead atoms. The van der Waals surface area contributed by atoms with E-state index in [4.69, 9.17) is 15.2 Å². The molecule has 0 saturated heterocycles. The Kier molecular flexibility index (Phi) is 6.83. The molecule has 1 aromatic rings. The predicted octanol–water partition coefficient (Wildman–Crippen LogP) is 1.61. The molecule has 0 aliphatic carbocycles. The number of rotatable bonds is 7. The van der Waals surface area contributed by atoms with Crippen molar-refractivity contribution in [3.63, 3.8) is 0 Å². The van der Waals surface area contributed by atoms with Gasteiger partial charge >= 0.3 is 0 Å². The van der Waals surface area contributed by atoms with Crippen LogP contribution in [0.5, 0.6) is 5.75 Å². The Balaban J connectivity index is 2.56. The third-order valence-corrected chi connectivity index (χ3v) is 2.95. The molecule has 1 amide bonds. The van der Waals surface area contributed by atoms with Gasteiger partial charge in [-0.15, -0.1) is 0 Å². The second kappa shape index (κ2) is 8.14. The summed E-state index contributed by atoms with van der Waals surface area (Å²) in [7, 11) is 1.58. The minimum Gasteiger partial charge on any atom is -0.483 e. The third-order valence-electron chi connectivity index (χ3n) is 2.45. The highest BCUT2D eigenvalue weighted by molar-refractivity contribution is 9.10. The zero-order chi connectivity index (χ0) is 14.3. The van der Waals surface area contributed by atoms with Crippen LogP contribution in [-0.4, -0.2) is 32.8 Å². The molecule has 0 aromatic heterocycles. The van der Waals surface area contributed by atoms with E-state index in [9.17, 15) is 4.79 Å². The first kappa shape index (κ1) is 15.9. The van der Waals surface area contributed by atoms with Gasteiger partial charge in [0.25, 0.3) is 5.91 Å². The molecule has 0 aliphatic rings. The van der Waals surface area contributed by atoms with Crippen molar-refractivity contribution in [2.24, 2.45) is 5.73 Å². The van der Waals surface area contributed by atoms with Crippen molar-refractivity contribution in [3.8, 4) is 5.75 Å². The van der Waals surface area contributed by atoms with Gasteiger partial charge in [0.1, 0.15) is 5.75 Å². The van der Waals surface area contributed by atoms with Gasteiger partial charge in [-0.25, -0.2) is 0 Å². The van der Waals surface area contributed by atoms with Gasteiger partial charge in [0.2, 0.25) is 0 Å². The molecule has 1 aromatic carbocycles. The molecule has 1 rings (SSSR count). The standard InChI is InChI=1S/C13H19BrN2O3/c1-9(15)11-4-3-10(14)7-12(11)19-8-13(17)16-5-6-18-2/h3-4,7,9H,5-6,8,15H2,1-2H3,(H,16,17). The smallest absolute Gasteiger partial charge is 0.258 e. The first-order valence-corrected chi connectivity index (χ1v) is 6.77. The molecule has 19 heavy (non-hydrogen) atoms. The molecule has 106 valence electrons. The van der Waals surface area contributed by atoms with Gasteiger partial charge in [-0.1, -0.05) is 22.0 Å². The normalized spacial score (nSPS) is 12.0. The minimum atomic E-state index is -0.187. The molecular weight excluding hydrogens is 312 g/mol. The van der Waals surface area contributed by atoms with Crippen LogP contribution in [0.4, 0.5) is 0 Å². The summed E-state index contributed by atoms with van der Waals surface area (Å²) >= 11 is 3.37. The summed E-state index contributed by atoms with van der Waals surface area (Å²) in [5, 5.41) is 2.69. The highest BCUT2D eigenvalue weighted by Gasteiger charge is 2.10. The summed E-state index contributed by atoms with van der Waals surface area (Å²) in [5.41, 5.74) is 6.73. The lowest BCUT2D eigenvalue weighted by Crippen LogP contribution is -2.31. The number of hydrogen-bond donors (Lipinski definition) is 2. The Morgan fingerprint density at radius 2 is 2.26 bits per heavy atom. The van der Waals surface area contributed by atoms with Crippen LogP contribution in [0.1, 0.15) is 18.5 Å². The average molecular weight is 331 g/mol. The quantitative estimate of drug-likeness (QED) is 0.745. The molecule has 0 spiro atoms. The van der Waals surface area contributed by atoms with E-state index >= 15 is 0 Å². The van der Waals surface area contributed by atoms with Gasteiger partial charge in [0.05, 0.1) is 6.61 Å². The predicted molar refractivity (Wildman–Crippen MR) is 77.1 cm³/mol. The monoisotopic (exact) mass is 330 g/mol. The Bertz CT molecular complexity index is 424. The average Bonchev–Trinajstić information content (AvgIpc) is 2.36. The van der Waals surface area contributed by atoms with Crippen molar-refractivity contribution >= 4 is 21.8 Å². The maximum absolute atomic E-state index is 11.5. The van der Waals surface area contributed by atoms with E-state index in [1.54, 1.807) is 13.2 Å². The van der Waals surface area contributed by atoms with Gasteiger partial charge in [-0.2, -0.15) is 0 Å². The minimum absolute atomic E-state index is 0.0418. The number of methoxy groups -OCH3 is 1. The van der Waals surface area contributed by atoms with Crippen LogP contribution in [0, 0.1) is 0 Å². The van der Waals surface area contributed by atoms with Gasteiger partial charge in [-0.05, 0) is 19.1 Å². The maximum Gasteiger partial charge on any atom is 0.258 e. The van der Waals surface area contributed by atoms with E-state index in [1.165, 1.54) is 0 Å². The lowest BCUT2D eigenvalue weighted by molar-refractivity contribution is -0.123. The molecule has 0 saturated carbocycles. The first-order valence-electron chi connectivity index (χ1n) is 5.98. The van der Waals surface area contributed by atoms with Gasteiger partial charge in [-0.3, -0.25) is 4.79 Å². The van der Waals surface area contributed by atoms with E-state index in [2.05, 4.69) is 21.2 Å². The van der Waals surface area contributed by atoms with E-state index in [0.717, 1.165) is 10.0 Å². The molecule has 5 nitrogen and oxygen atoms in total. The second-order valence-electron chi connectivity index (χ2n) is 4.10. The highest BCUT2D eigenvalue weighted by atomic mass is 79.9. The number of halogens is 1. The lowest BCUT2D eigenvalue weighted by Gasteiger charge is -2.14. The van der Waals surface area contributed by atoms with Crippen LogP contribution in [-0.2, 0) is 9.53 Å². The number of hydrogen-bond acceptors (Lipinski definition) is 4. The highest BCUT2D eigenvalue weighted by Crippen LogP contribution is 2.27. The van der Waals surface area contributed by atoms with Crippen molar-refractivity contribution in [2.75, 3.05) is 26.9 Å². The van der Waals surface area contributed by atoms with Gasteiger partial charge in [0, 0.05) is 29.7 Å². The number of carbonyl (C=O) groups is 1. The van der Waals surface area contributed by atoms with E-state index < -0.39 is 0 Å². The fourth-order valence-corrected chi connectivity index (χ4v) is 1.84. The number of ether oxygens (including phenoxy) is 2. The number of benzene rings is 1. The SMILES string of the molecule is COCCNC(=O)COc1cc(Br)ccc1C(C)N. The largest absolute Gasteiger partial charge is 0.483 e. The zero-order valence-electron chi connectivity index (χ0n) is 11.1. The second-order valence-corrected chi connectivity index (χ2v) is 5.02. The van der Waals surface area contributed by atoms with Crippen molar-refractivity contribution in [1.29, 1.82) is 0 Å². The summed E-state index contributed by atoms with van der Waals surface area (Å²) in [6.45, 7) is 2.78. The van der Waals surface area contributed by atoms with Crippen LogP contribution < -0.4 is 15.8 Å². The molecular formula is C13H19BrN2O3. The molecule has 3 N–H and O–H groups in total. The van der Waals surface area contributed by atoms with Gasteiger partial charge in [0.15, 0.2) is 6.61 Å². The van der Waals surface area contributed by atoms with Crippen molar-refractivity contribution in [1.82, 2.24) is 5.32 Å². The maximum atomic E-state index is 11.5. The zero-order valence-corrected chi connectivity index (χ0v) is 12.7. The van der Waals surface area contributed by atoms with E-state index in [-0.39, 0.29) is 18.6 Å². The summed E-state index contributed by atoms with van der Waals surface area (Å²) in [5.74, 6) is 0.430. The van der Waals surface area contributed by atoms with Crippen LogP contribution >= 0.6 is 15.9 Å². The number of amides is 1. The number of nitrogens with one attached hydrogen (secondary N) is 1. The Morgan fingerprint density at radius 1 is 1.53 bits per heavy atom. The van der Waals surface area contributed by atoms with Crippen LogP contribution in [0.3, 0.4) is 0 Å².